The van der Waals surface area contributed by atoms with Crippen molar-refractivity contribution in [3.63, 3.8) is 0 Å². The monoisotopic (exact) mass is 426 g/mol. The smallest absolute Gasteiger partial charge is 0.186 e. The van der Waals surface area contributed by atoms with Gasteiger partial charge in [0.25, 0.3) is 0 Å². The van der Waals surface area contributed by atoms with Gasteiger partial charge in [-0.2, -0.15) is 0 Å². The molecule has 0 aliphatic carbocycles. The van der Waals surface area contributed by atoms with Crippen LogP contribution in [0.5, 0.6) is 0 Å². The molecule has 2 heterocycles. The molecule has 11 heteroatoms. The second kappa shape index (κ2) is 11.8. The minimum absolute atomic E-state index is 0.310. The minimum Gasteiger partial charge on any atom is -0.394 e. The van der Waals surface area contributed by atoms with Crippen LogP contribution in [0.15, 0.2) is 0 Å². The van der Waals surface area contributed by atoms with Gasteiger partial charge < -0.3 is 54.7 Å². The Morgan fingerprint density at radius 1 is 0.655 bits per heavy atom. The molecule has 0 aromatic heterocycles. The molecule has 2 aliphatic heterocycles. The van der Waals surface area contributed by atoms with E-state index in [9.17, 15) is 35.7 Å². The molecule has 0 bridgehead atoms. The summed E-state index contributed by atoms with van der Waals surface area (Å²) >= 11 is 0. The van der Waals surface area contributed by atoms with Crippen molar-refractivity contribution >= 4 is 0 Å². The van der Waals surface area contributed by atoms with Crippen LogP contribution >= 0.6 is 0 Å². The number of hydrogen-bond donors (Lipinski definition) is 7. The van der Waals surface area contributed by atoms with Gasteiger partial charge in [-0.15, -0.1) is 0 Å². The third kappa shape index (κ3) is 6.28. The molecule has 10 atom stereocenters. The fourth-order valence-corrected chi connectivity index (χ4v) is 3.32. The second-order valence-corrected chi connectivity index (χ2v) is 7.48. The highest BCUT2D eigenvalue weighted by Gasteiger charge is 2.47. The molecule has 0 amide bonds. The SMILES string of the molecule is CCCCCCO[C@@H]1O[C@H](CO[C@@H]2O[C@H](CO)[C@@H](O)[C@@H](O)[C@H]2O)[C@H](O)[C@@H](O)[C@H]1O. The predicted octanol–water partition coefficient (Wildman–Crippen LogP) is -2.79. The topological polar surface area (TPSA) is 179 Å². The Hall–Kier alpha value is -0.440. The highest BCUT2D eigenvalue weighted by Crippen LogP contribution is 2.26. The van der Waals surface area contributed by atoms with Crippen LogP contribution in [0, 0.1) is 0 Å². The van der Waals surface area contributed by atoms with Gasteiger partial charge in [0.1, 0.15) is 48.8 Å². The molecule has 0 saturated carbocycles. The van der Waals surface area contributed by atoms with Crippen LogP contribution < -0.4 is 0 Å². The number of aliphatic hydroxyl groups excluding tert-OH is 7. The van der Waals surface area contributed by atoms with E-state index in [1.165, 1.54) is 0 Å². The fraction of sp³-hybridized carbons (Fsp3) is 1.00. The second-order valence-electron chi connectivity index (χ2n) is 7.48. The molecule has 2 aliphatic rings. The lowest BCUT2D eigenvalue weighted by atomic mass is 9.98. The van der Waals surface area contributed by atoms with Gasteiger partial charge in [0.05, 0.1) is 13.2 Å². The van der Waals surface area contributed by atoms with Crippen LogP contribution in [0.2, 0.25) is 0 Å². The molecule has 172 valence electrons. The maximum Gasteiger partial charge on any atom is 0.186 e. The first-order chi connectivity index (χ1) is 13.8. The van der Waals surface area contributed by atoms with Crippen molar-refractivity contribution in [2.24, 2.45) is 0 Å². The van der Waals surface area contributed by atoms with E-state index in [4.69, 9.17) is 18.9 Å². The zero-order valence-corrected chi connectivity index (χ0v) is 16.5. The molecular weight excluding hydrogens is 392 g/mol. The maximum absolute atomic E-state index is 10.2. The molecule has 11 nitrogen and oxygen atoms in total. The van der Waals surface area contributed by atoms with Crippen LogP contribution in [0.1, 0.15) is 32.6 Å². The highest BCUT2D eigenvalue weighted by molar-refractivity contribution is 4.91. The van der Waals surface area contributed by atoms with Gasteiger partial charge in [-0.3, -0.25) is 0 Å². The lowest BCUT2D eigenvalue weighted by Crippen LogP contribution is -2.61. The average molecular weight is 426 g/mol. The molecule has 0 spiro atoms. The first-order valence-corrected chi connectivity index (χ1v) is 10.0. The van der Waals surface area contributed by atoms with Crippen LogP contribution in [-0.4, -0.2) is 117 Å². The van der Waals surface area contributed by atoms with Crippen molar-refractivity contribution in [1.82, 2.24) is 0 Å². The lowest BCUT2D eigenvalue weighted by Gasteiger charge is -2.42. The Labute approximate surface area is 169 Å². The van der Waals surface area contributed by atoms with Crippen molar-refractivity contribution < 1.29 is 54.7 Å². The Balaban J connectivity index is 1.89. The van der Waals surface area contributed by atoms with E-state index >= 15 is 0 Å². The van der Waals surface area contributed by atoms with Gasteiger partial charge in [-0.25, -0.2) is 0 Å². The molecule has 2 rings (SSSR count). The maximum atomic E-state index is 10.2. The van der Waals surface area contributed by atoms with E-state index in [1.807, 2.05) is 0 Å². The third-order valence-electron chi connectivity index (χ3n) is 5.22. The summed E-state index contributed by atoms with van der Waals surface area (Å²) in [5, 5.41) is 69.0. The van der Waals surface area contributed by atoms with Gasteiger partial charge in [0.15, 0.2) is 12.6 Å². The summed E-state index contributed by atoms with van der Waals surface area (Å²) in [6.45, 7) is 1.41. The standard InChI is InChI=1S/C18H34O11/c1-2-3-4-5-6-26-17-15(24)14(23)12(21)10(29-17)8-27-18-16(25)13(22)11(20)9(7-19)28-18/h9-25H,2-8H2,1H3/t9-,10-,11-,12+,13-,14-,15-,16-,17-,18-/m1/s1. The quantitative estimate of drug-likeness (QED) is 0.180. The van der Waals surface area contributed by atoms with Crippen LogP contribution in [-0.2, 0) is 18.9 Å². The van der Waals surface area contributed by atoms with Crippen molar-refractivity contribution in [2.45, 2.75) is 94.0 Å². The Morgan fingerprint density at radius 2 is 1.21 bits per heavy atom. The summed E-state index contributed by atoms with van der Waals surface area (Å²) in [5.41, 5.74) is 0. The molecule has 0 radical (unpaired) electrons. The van der Waals surface area contributed by atoms with Crippen molar-refractivity contribution in [1.29, 1.82) is 0 Å². The molecular formula is C18H34O11. The minimum atomic E-state index is -1.60. The van der Waals surface area contributed by atoms with E-state index in [1.54, 1.807) is 0 Å². The number of rotatable bonds is 10. The van der Waals surface area contributed by atoms with Gasteiger partial charge in [-0.05, 0) is 6.42 Å². The van der Waals surface area contributed by atoms with Gasteiger partial charge in [0.2, 0.25) is 0 Å². The first-order valence-electron chi connectivity index (χ1n) is 10.0. The van der Waals surface area contributed by atoms with E-state index in [2.05, 4.69) is 6.92 Å². The van der Waals surface area contributed by atoms with Crippen molar-refractivity contribution in [2.75, 3.05) is 19.8 Å². The summed E-state index contributed by atoms with van der Waals surface area (Å²) in [7, 11) is 0. The number of aliphatic hydroxyl groups is 7. The van der Waals surface area contributed by atoms with E-state index in [0.717, 1.165) is 25.7 Å². The summed E-state index contributed by atoms with van der Waals surface area (Å²) in [4.78, 5) is 0. The first kappa shape index (κ1) is 24.8. The number of hydrogen-bond acceptors (Lipinski definition) is 11. The normalized spacial score (nSPS) is 43.4. The molecule has 0 unspecified atom stereocenters. The van der Waals surface area contributed by atoms with Gasteiger partial charge >= 0.3 is 0 Å². The van der Waals surface area contributed by atoms with Crippen molar-refractivity contribution in [3.05, 3.63) is 0 Å². The van der Waals surface area contributed by atoms with Crippen molar-refractivity contribution in [3.8, 4) is 0 Å². The Morgan fingerprint density at radius 3 is 1.79 bits per heavy atom. The molecule has 0 aromatic rings. The highest BCUT2D eigenvalue weighted by atomic mass is 16.7. The fourth-order valence-electron chi connectivity index (χ4n) is 3.32. The van der Waals surface area contributed by atoms with Gasteiger partial charge in [0, 0.05) is 6.61 Å². The molecule has 0 aromatic carbocycles. The van der Waals surface area contributed by atoms with E-state index in [-0.39, 0.29) is 6.61 Å². The molecule has 29 heavy (non-hydrogen) atoms. The van der Waals surface area contributed by atoms with Crippen LogP contribution in [0.25, 0.3) is 0 Å². The number of ether oxygens (including phenoxy) is 4. The predicted molar refractivity (Wildman–Crippen MR) is 96.5 cm³/mol. The molecule has 2 fully saturated rings. The summed E-state index contributed by atoms with van der Waals surface area (Å²) < 4.78 is 21.6. The zero-order valence-electron chi connectivity index (χ0n) is 16.5. The summed E-state index contributed by atoms with van der Waals surface area (Å²) in [6.07, 6.45) is -10.2. The average Bonchev–Trinajstić information content (AvgIpc) is 2.72. The largest absolute Gasteiger partial charge is 0.394 e. The third-order valence-corrected chi connectivity index (χ3v) is 5.22. The molecule has 2 saturated heterocycles. The molecule has 7 N–H and O–H groups in total. The van der Waals surface area contributed by atoms with Crippen LogP contribution in [0.3, 0.4) is 0 Å². The summed E-state index contributed by atoms with van der Waals surface area (Å²) in [6, 6.07) is 0. The lowest BCUT2D eigenvalue weighted by molar-refractivity contribution is -0.331. The number of unbranched alkanes of at least 4 members (excludes halogenated alkanes) is 3. The van der Waals surface area contributed by atoms with E-state index < -0.39 is 68.0 Å². The van der Waals surface area contributed by atoms with Crippen LogP contribution in [0.4, 0.5) is 0 Å². The Kier molecular flexibility index (Phi) is 10.1. The van der Waals surface area contributed by atoms with E-state index in [0.29, 0.717) is 6.61 Å². The summed E-state index contributed by atoms with van der Waals surface area (Å²) in [5.74, 6) is 0. The Bertz CT molecular complexity index is 465. The zero-order chi connectivity index (χ0) is 21.6. The van der Waals surface area contributed by atoms with Gasteiger partial charge in [-0.1, -0.05) is 26.2 Å².